The molecular weight excluding hydrogens is 286 g/mol. The van der Waals surface area contributed by atoms with Crippen molar-refractivity contribution in [2.45, 2.75) is 16.6 Å². The summed E-state index contributed by atoms with van der Waals surface area (Å²) >= 11 is 0. The number of fused-ring (bicyclic) bond motifs is 3. The Labute approximate surface area is 134 Å². The zero-order chi connectivity index (χ0) is 14.9. The third-order valence-electron chi connectivity index (χ3n) is 4.37. The van der Waals surface area contributed by atoms with Crippen molar-refractivity contribution in [3.05, 3.63) is 77.9 Å². The summed E-state index contributed by atoms with van der Waals surface area (Å²) in [6, 6.07) is 21.4. The standard InChI is InChI=1S/C20H16NS/c21-14-17-13-18-12-16(15-6-2-1-3-7-15)10-11-22(18)20-9-5-4-8-19(17)20/h1-10,13,18H,11-12H2/q+1. The first kappa shape index (κ1) is 13.4. The molecule has 2 aromatic rings. The molecule has 0 saturated carbocycles. The molecule has 2 heterocycles. The van der Waals surface area contributed by atoms with Gasteiger partial charge in [0.25, 0.3) is 0 Å². The second-order valence-electron chi connectivity index (χ2n) is 5.62. The highest BCUT2D eigenvalue weighted by Crippen LogP contribution is 2.40. The average Bonchev–Trinajstić information content (AvgIpc) is 2.61. The quantitative estimate of drug-likeness (QED) is 0.714. The lowest BCUT2D eigenvalue weighted by Gasteiger charge is -2.26. The summed E-state index contributed by atoms with van der Waals surface area (Å²) in [6.07, 6.45) is 5.64. The van der Waals surface area contributed by atoms with Gasteiger partial charge in [0, 0.05) is 22.9 Å². The molecule has 2 atom stereocenters. The van der Waals surface area contributed by atoms with Gasteiger partial charge in [0.15, 0.2) is 4.90 Å². The summed E-state index contributed by atoms with van der Waals surface area (Å²) in [5, 5.41) is 9.94. The zero-order valence-corrected chi connectivity index (χ0v) is 13.0. The van der Waals surface area contributed by atoms with Crippen molar-refractivity contribution in [2.75, 3.05) is 5.75 Å². The van der Waals surface area contributed by atoms with E-state index in [1.54, 1.807) is 0 Å². The molecular formula is C20H16NS+. The molecule has 0 amide bonds. The van der Waals surface area contributed by atoms with Crippen LogP contribution in [0.25, 0.3) is 11.1 Å². The van der Waals surface area contributed by atoms with Crippen LogP contribution in [0.3, 0.4) is 0 Å². The van der Waals surface area contributed by atoms with Gasteiger partial charge in [-0.25, -0.2) is 0 Å². The summed E-state index contributed by atoms with van der Waals surface area (Å²) in [5.41, 5.74) is 4.72. The Morgan fingerprint density at radius 1 is 1.00 bits per heavy atom. The van der Waals surface area contributed by atoms with Gasteiger partial charge in [0.05, 0.1) is 11.6 Å². The number of rotatable bonds is 1. The van der Waals surface area contributed by atoms with Crippen LogP contribution in [0.1, 0.15) is 17.5 Å². The summed E-state index contributed by atoms with van der Waals surface area (Å²) in [5.74, 6) is 1.08. The van der Waals surface area contributed by atoms with Crippen molar-refractivity contribution < 1.29 is 0 Å². The zero-order valence-electron chi connectivity index (χ0n) is 12.2. The van der Waals surface area contributed by atoms with Crippen LogP contribution < -0.4 is 0 Å². The van der Waals surface area contributed by atoms with Gasteiger partial charge in [-0.3, -0.25) is 0 Å². The van der Waals surface area contributed by atoms with E-state index in [1.165, 1.54) is 16.0 Å². The fourth-order valence-corrected chi connectivity index (χ4v) is 5.82. The maximum absolute atomic E-state index is 9.48. The topological polar surface area (TPSA) is 23.8 Å². The number of hydrogen-bond acceptors (Lipinski definition) is 1. The SMILES string of the molecule is N#CC1=CC2CC(c3ccccc3)=CC[S+]2c2ccccc21. The highest BCUT2D eigenvalue weighted by atomic mass is 32.2. The van der Waals surface area contributed by atoms with E-state index in [2.05, 4.69) is 66.8 Å². The summed E-state index contributed by atoms with van der Waals surface area (Å²) < 4.78 is 0. The smallest absolute Gasteiger partial charge is 0.164 e. The van der Waals surface area contributed by atoms with Crippen LogP contribution in [0.15, 0.2) is 71.6 Å². The number of allylic oxidation sites excluding steroid dienone is 2. The van der Waals surface area contributed by atoms with Gasteiger partial charge >= 0.3 is 0 Å². The lowest BCUT2D eigenvalue weighted by Crippen LogP contribution is -2.30. The highest BCUT2D eigenvalue weighted by molar-refractivity contribution is 7.98. The van der Waals surface area contributed by atoms with Crippen LogP contribution in [-0.2, 0) is 10.9 Å². The number of nitrogens with zero attached hydrogens (tertiary/aromatic N) is 1. The molecule has 0 aromatic heterocycles. The first-order valence-electron chi connectivity index (χ1n) is 7.52. The Morgan fingerprint density at radius 2 is 1.77 bits per heavy atom. The van der Waals surface area contributed by atoms with Gasteiger partial charge in [-0.05, 0) is 35.4 Å². The van der Waals surface area contributed by atoms with Crippen molar-refractivity contribution >= 4 is 22.0 Å². The third-order valence-corrected chi connectivity index (χ3v) is 6.85. The molecule has 2 aromatic carbocycles. The molecule has 0 N–H and O–H groups in total. The monoisotopic (exact) mass is 302 g/mol. The van der Waals surface area contributed by atoms with E-state index in [0.717, 1.165) is 23.3 Å². The van der Waals surface area contributed by atoms with Gasteiger partial charge in [-0.15, -0.1) is 0 Å². The van der Waals surface area contributed by atoms with Crippen molar-refractivity contribution in [1.29, 1.82) is 5.26 Å². The first-order chi connectivity index (χ1) is 10.9. The maximum Gasteiger partial charge on any atom is 0.164 e. The van der Waals surface area contributed by atoms with Crippen molar-refractivity contribution in [2.24, 2.45) is 0 Å². The molecule has 2 unspecified atom stereocenters. The largest absolute Gasteiger partial charge is 0.192 e. The maximum atomic E-state index is 9.48. The van der Waals surface area contributed by atoms with Gasteiger partial charge in [-0.1, -0.05) is 42.5 Å². The first-order valence-corrected chi connectivity index (χ1v) is 8.98. The Morgan fingerprint density at radius 3 is 2.59 bits per heavy atom. The van der Waals surface area contributed by atoms with Crippen LogP contribution >= 0.6 is 0 Å². The Kier molecular flexibility index (Phi) is 3.36. The summed E-state index contributed by atoms with van der Waals surface area (Å²) in [6.45, 7) is 0. The second kappa shape index (κ2) is 5.51. The molecule has 2 aliphatic rings. The number of nitriles is 1. The Hall–Kier alpha value is -2.24. The molecule has 0 saturated heterocycles. The van der Waals surface area contributed by atoms with Crippen molar-refractivity contribution in [1.82, 2.24) is 0 Å². The molecule has 0 radical (unpaired) electrons. The van der Waals surface area contributed by atoms with Crippen LogP contribution in [-0.4, -0.2) is 11.0 Å². The van der Waals surface area contributed by atoms with E-state index in [9.17, 15) is 5.26 Å². The van der Waals surface area contributed by atoms with Crippen LogP contribution in [0, 0.1) is 11.3 Å². The van der Waals surface area contributed by atoms with E-state index >= 15 is 0 Å². The normalized spacial score (nSPS) is 22.7. The van der Waals surface area contributed by atoms with Crippen molar-refractivity contribution in [3.8, 4) is 6.07 Å². The molecule has 2 heteroatoms. The minimum absolute atomic E-state index is 0.202. The second-order valence-corrected chi connectivity index (χ2v) is 7.86. The van der Waals surface area contributed by atoms with Crippen LogP contribution in [0.2, 0.25) is 0 Å². The van der Waals surface area contributed by atoms with E-state index in [-0.39, 0.29) is 10.9 Å². The molecule has 1 nitrogen and oxygen atoms in total. The highest BCUT2D eigenvalue weighted by Gasteiger charge is 2.40. The molecule has 22 heavy (non-hydrogen) atoms. The third kappa shape index (κ3) is 2.19. The Balaban J connectivity index is 1.75. The molecule has 4 rings (SSSR count). The molecule has 2 aliphatic heterocycles. The van der Waals surface area contributed by atoms with E-state index in [4.69, 9.17) is 0 Å². The van der Waals surface area contributed by atoms with E-state index in [1.807, 2.05) is 6.07 Å². The number of hydrogen-bond donors (Lipinski definition) is 0. The summed E-state index contributed by atoms with van der Waals surface area (Å²) in [4.78, 5) is 1.37. The lowest BCUT2D eigenvalue weighted by atomic mass is 9.97. The predicted molar refractivity (Wildman–Crippen MR) is 93.4 cm³/mol. The van der Waals surface area contributed by atoms with Gasteiger partial charge < -0.3 is 0 Å². The summed E-state index contributed by atoms with van der Waals surface area (Å²) in [7, 11) is 0.202. The van der Waals surface area contributed by atoms with Crippen molar-refractivity contribution in [3.63, 3.8) is 0 Å². The Bertz CT molecular complexity index is 811. The fraction of sp³-hybridized carbons (Fsp3) is 0.150. The number of benzene rings is 2. The predicted octanol–water partition coefficient (Wildman–Crippen LogP) is 4.44. The minimum atomic E-state index is 0.202. The molecule has 106 valence electrons. The average molecular weight is 302 g/mol. The van der Waals surface area contributed by atoms with E-state index in [0.29, 0.717) is 5.25 Å². The lowest BCUT2D eigenvalue weighted by molar-refractivity contribution is 1.04. The fourth-order valence-electron chi connectivity index (χ4n) is 3.29. The molecule has 0 fully saturated rings. The van der Waals surface area contributed by atoms with Crippen LogP contribution in [0.5, 0.6) is 0 Å². The van der Waals surface area contributed by atoms with Gasteiger partial charge in [0.1, 0.15) is 11.0 Å². The minimum Gasteiger partial charge on any atom is -0.192 e. The molecule has 0 spiro atoms. The van der Waals surface area contributed by atoms with Gasteiger partial charge in [0.2, 0.25) is 0 Å². The van der Waals surface area contributed by atoms with Crippen LogP contribution in [0.4, 0.5) is 0 Å². The van der Waals surface area contributed by atoms with Gasteiger partial charge in [-0.2, -0.15) is 5.26 Å². The molecule has 0 aliphatic carbocycles. The van der Waals surface area contributed by atoms with E-state index < -0.39 is 0 Å². The molecule has 0 bridgehead atoms.